The Labute approximate surface area is 97.3 Å². The minimum absolute atomic E-state index is 0.00445. The van der Waals surface area contributed by atoms with Crippen molar-refractivity contribution in [2.75, 3.05) is 26.7 Å². The third kappa shape index (κ3) is 4.55. The van der Waals surface area contributed by atoms with Crippen molar-refractivity contribution in [1.29, 1.82) is 0 Å². The zero-order valence-electron chi connectivity index (χ0n) is 8.33. The summed E-state index contributed by atoms with van der Waals surface area (Å²) in [6, 6.07) is 0. The minimum atomic E-state index is -2.65. The molecule has 7 heteroatoms. The molecule has 1 rings (SSSR count). The molecule has 0 aromatic heterocycles. The maximum atomic E-state index is 11.5. The molecule has 84 valence electrons. The lowest BCUT2D eigenvalue weighted by Gasteiger charge is -2.28. The van der Waals surface area contributed by atoms with E-state index in [1.807, 2.05) is 6.92 Å². The molecular formula is C7H16IN2O3P. The Morgan fingerprint density at radius 1 is 1.71 bits per heavy atom. The summed E-state index contributed by atoms with van der Waals surface area (Å²) >= 11 is 1.79. The van der Waals surface area contributed by atoms with E-state index in [4.69, 9.17) is 9.26 Å². The molecule has 0 aromatic rings. The van der Waals surface area contributed by atoms with E-state index in [1.165, 1.54) is 0 Å². The largest absolute Gasteiger partial charge is 0.370 e. The van der Waals surface area contributed by atoms with Crippen LogP contribution in [0, 0.1) is 0 Å². The smallest absolute Gasteiger partial charge is 0.327 e. The normalized spacial score (nSPS) is 32.5. The highest BCUT2D eigenvalue weighted by molar-refractivity contribution is 14.2. The molecule has 3 atom stereocenters. The molecule has 1 aliphatic heterocycles. The van der Waals surface area contributed by atoms with E-state index in [0.717, 1.165) is 13.1 Å². The van der Waals surface area contributed by atoms with E-state index in [2.05, 4.69) is 10.4 Å². The number of hydrogen-bond donors (Lipinski definition) is 2. The van der Waals surface area contributed by atoms with Crippen molar-refractivity contribution in [3.63, 3.8) is 0 Å². The molecule has 0 aliphatic carbocycles. The molecular weight excluding hydrogens is 318 g/mol. The average Bonchev–Trinajstić information content (AvgIpc) is 2.15. The highest BCUT2D eigenvalue weighted by Crippen LogP contribution is 2.50. The van der Waals surface area contributed by atoms with E-state index in [1.54, 1.807) is 29.1 Å². The van der Waals surface area contributed by atoms with Gasteiger partial charge in [0.15, 0.2) is 0 Å². The SMILES string of the molecule is CNP(=O)(I)OC[C@@H]1CNC[C@H](C)O1. The molecule has 1 fully saturated rings. The van der Waals surface area contributed by atoms with E-state index in [0.29, 0.717) is 6.61 Å². The van der Waals surface area contributed by atoms with Crippen molar-refractivity contribution >= 4 is 27.2 Å². The van der Waals surface area contributed by atoms with Crippen LogP contribution in [0.2, 0.25) is 0 Å². The molecule has 5 nitrogen and oxygen atoms in total. The maximum Gasteiger partial charge on any atom is 0.327 e. The van der Waals surface area contributed by atoms with E-state index in [9.17, 15) is 4.57 Å². The Morgan fingerprint density at radius 3 is 3.00 bits per heavy atom. The van der Waals surface area contributed by atoms with Gasteiger partial charge in [-0.1, -0.05) is 0 Å². The fraction of sp³-hybridized carbons (Fsp3) is 1.00. The van der Waals surface area contributed by atoms with Crippen LogP contribution in [0.25, 0.3) is 0 Å². The van der Waals surface area contributed by atoms with Gasteiger partial charge in [-0.15, -0.1) is 0 Å². The first-order chi connectivity index (χ1) is 6.53. The van der Waals surface area contributed by atoms with Crippen molar-refractivity contribution in [3.8, 4) is 0 Å². The third-order valence-electron chi connectivity index (χ3n) is 1.92. The summed E-state index contributed by atoms with van der Waals surface area (Å²) in [5.41, 5.74) is 0. The van der Waals surface area contributed by atoms with Gasteiger partial charge in [0.25, 0.3) is 0 Å². The molecule has 0 aromatic carbocycles. The number of ether oxygens (including phenoxy) is 1. The molecule has 1 saturated heterocycles. The van der Waals surface area contributed by atoms with Gasteiger partial charge in [-0.05, 0) is 14.0 Å². The fourth-order valence-electron chi connectivity index (χ4n) is 1.21. The number of rotatable bonds is 4. The van der Waals surface area contributed by atoms with Crippen molar-refractivity contribution in [1.82, 2.24) is 10.4 Å². The van der Waals surface area contributed by atoms with Crippen LogP contribution >= 0.6 is 27.2 Å². The Kier molecular flexibility index (Phi) is 5.30. The van der Waals surface area contributed by atoms with Gasteiger partial charge in [0.1, 0.15) is 0 Å². The first kappa shape index (κ1) is 12.9. The Hall–Kier alpha value is 0.800. The topological polar surface area (TPSA) is 59.6 Å². The molecule has 14 heavy (non-hydrogen) atoms. The first-order valence-corrected chi connectivity index (χ1v) is 8.94. The molecule has 1 unspecified atom stereocenters. The standard InChI is InChI=1S/C7H16IN2O3P/c1-6-3-10-4-7(13-6)5-12-14(8,11)9-2/h6-7,10H,3-5H2,1-2H3,(H,9,11)/t6-,7-,14?/m0/s1. The van der Waals surface area contributed by atoms with E-state index < -0.39 is 5.16 Å². The molecule has 1 aliphatic rings. The Balaban J connectivity index is 2.27. The van der Waals surface area contributed by atoms with Crippen molar-refractivity contribution in [3.05, 3.63) is 0 Å². The molecule has 0 saturated carbocycles. The van der Waals surface area contributed by atoms with Gasteiger partial charge in [-0.2, -0.15) is 0 Å². The quantitative estimate of drug-likeness (QED) is 0.597. The van der Waals surface area contributed by atoms with Gasteiger partial charge in [0.2, 0.25) is 0 Å². The van der Waals surface area contributed by atoms with Crippen LogP contribution in [0.15, 0.2) is 0 Å². The van der Waals surface area contributed by atoms with Crippen LogP contribution in [0.1, 0.15) is 6.92 Å². The van der Waals surface area contributed by atoms with Crippen LogP contribution in [0.4, 0.5) is 0 Å². The molecule has 0 amide bonds. The summed E-state index contributed by atoms with van der Waals surface area (Å²) in [6.07, 6.45) is 0.190. The Bertz CT molecular complexity index is 229. The average molecular weight is 334 g/mol. The lowest BCUT2D eigenvalue weighted by Crippen LogP contribution is -2.45. The lowest BCUT2D eigenvalue weighted by atomic mass is 10.3. The minimum Gasteiger partial charge on any atom is -0.370 e. The van der Waals surface area contributed by atoms with Crippen LogP contribution in [-0.2, 0) is 13.8 Å². The van der Waals surface area contributed by atoms with Crippen LogP contribution in [0.3, 0.4) is 0 Å². The first-order valence-electron chi connectivity index (χ1n) is 4.53. The van der Waals surface area contributed by atoms with Gasteiger partial charge in [0, 0.05) is 35.1 Å². The maximum absolute atomic E-state index is 11.5. The van der Waals surface area contributed by atoms with Gasteiger partial charge < -0.3 is 14.6 Å². The van der Waals surface area contributed by atoms with Gasteiger partial charge in [-0.3, -0.25) is 4.57 Å². The number of morpholine rings is 1. The lowest BCUT2D eigenvalue weighted by molar-refractivity contribution is -0.0462. The zero-order chi connectivity index (χ0) is 10.6. The predicted molar refractivity (Wildman–Crippen MR) is 63.8 cm³/mol. The van der Waals surface area contributed by atoms with Crippen LogP contribution < -0.4 is 10.4 Å². The van der Waals surface area contributed by atoms with Crippen molar-refractivity contribution in [2.45, 2.75) is 19.1 Å². The second kappa shape index (κ2) is 5.77. The fourth-order valence-corrected chi connectivity index (χ4v) is 2.18. The second-order valence-electron chi connectivity index (χ2n) is 3.23. The molecule has 0 radical (unpaired) electrons. The summed E-state index contributed by atoms with van der Waals surface area (Å²) < 4.78 is 22.3. The van der Waals surface area contributed by atoms with Crippen molar-refractivity contribution < 1.29 is 13.8 Å². The highest BCUT2D eigenvalue weighted by atomic mass is 127. The summed E-state index contributed by atoms with van der Waals surface area (Å²) in [4.78, 5) is 0. The molecule has 2 N–H and O–H groups in total. The summed E-state index contributed by atoms with van der Waals surface area (Å²) in [5.74, 6) is 0. The van der Waals surface area contributed by atoms with Crippen molar-refractivity contribution in [2.24, 2.45) is 0 Å². The number of nitrogens with one attached hydrogen (secondary N) is 2. The second-order valence-corrected chi connectivity index (χ2v) is 8.70. The molecule has 1 heterocycles. The van der Waals surface area contributed by atoms with Gasteiger partial charge >= 0.3 is 5.16 Å². The van der Waals surface area contributed by atoms with E-state index in [-0.39, 0.29) is 12.2 Å². The zero-order valence-corrected chi connectivity index (χ0v) is 11.4. The van der Waals surface area contributed by atoms with Gasteiger partial charge in [-0.25, -0.2) is 5.09 Å². The summed E-state index contributed by atoms with van der Waals surface area (Å²) in [6.45, 7) is 3.98. The number of halogens is 1. The molecule has 0 bridgehead atoms. The van der Waals surface area contributed by atoms with Gasteiger partial charge in [0.05, 0.1) is 18.8 Å². The predicted octanol–water partition coefficient (Wildman–Crippen LogP) is 1.14. The van der Waals surface area contributed by atoms with Crippen LogP contribution in [-0.4, -0.2) is 39.0 Å². The van der Waals surface area contributed by atoms with E-state index >= 15 is 0 Å². The highest BCUT2D eigenvalue weighted by Gasteiger charge is 2.23. The summed E-state index contributed by atoms with van der Waals surface area (Å²) in [7, 11) is 1.62. The summed E-state index contributed by atoms with van der Waals surface area (Å²) in [5, 5.41) is 3.21. The molecule has 0 spiro atoms. The Morgan fingerprint density at radius 2 is 2.43 bits per heavy atom. The monoisotopic (exact) mass is 334 g/mol. The van der Waals surface area contributed by atoms with Crippen LogP contribution in [0.5, 0.6) is 0 Å². The number of hydrogen-bond acceptors (Lipinski definition) is 4. The third-order valence-corrected chi connectivity index (χ3v) is 5.22.